The van der Waals surface area contributed by atoms with Gasteiger partial charge in [-0.3, -0.25) is 4.79 Å². The Hall–Kier alpha value is -3.38. The van der Waals surface area contributed by atoms with Gasteiger partial charge in [0.15, 0.2) is 0 Å². The van der Waals surface area contributed by atoms with Gasteiger partial charge in [0.25, 0.3) is 0 Å². The number of carbonyl (C=O) groups is 1. The van der Waals surface area contributed by atoms with Gasteiger partial charge in [0.05, 0.1) is 18.1 Å². The van der Waals surface area contributed by atoms with Crippen LogP contribution < -0.4 is 5.32 Å². The van der Waals surface area contributed by atoms with Crippen LogP contribution in [-0.4, -0.2) is 5.91 Å². The molecule has 0 saturated heterocycles. The van der Waals surface area contributed by atoms with Gasteiger partial charge in [-0.25, -0.2) is 0 Å². The molecule has 0 unspecified atom stereocenters. The Bertz CT molecular complexity index is 1030. The van der Waals surface area contributed by atoms with Crippen LogP contribution in [0.3, 0.4) is 0 Å². The van der Waals surface area contributed by atoms with E-state index < -0.39 is 0 Å². The standard InChI is InChI=1S/C22H16N2O/c1-14-3-2-4-19(16-7-5-15(13-23)6-8-16)22(14)17-9-10-20-18(11-17)12-21(25)24-20/h2-11H,12H2,1H3,(H,24,25). The first kappa shape index (κ1) is 15.2. The highest BCUT2D eigenvalue weighted by Crippen LogP contribution is 2.37. The van der Waals surface area contributed by atoms with E-state index in [1.54, 1.807) is 0 Å². The van der Waals surface area contributed by atoms with Crippen molar-refractivity contribution in [3.05, 3.63) is 77.4 Å². The Kier molecular flexibility index (Phi) is 3.59. The normalized spacial score (nSPS) is 12.4. The number of carbonyl (C=O) groups excluding carboxylic acids is 1. The van der Waals surface area contributed by atoms with Crippen LogP contribution in [0.2, 0.25) is 0 Å². The average Bonchev–Trinajstić information content (AvgIpc) is 3.00. The molecule has 0 radical (unpaired) electrons. The lowest BCUT2D eigenvalue weighted by Crippen LogP contribution is -2.03. The lowest BCUT2D eigenvalue weighted by molar-refractivity contribution is -0.115. The maximum atomic E-state index is 11.6. The summed E-state index contributed by atoms with van der Waals surface area (Å²) in [6.07, 6.45) is 0.432. The lowest BCUT2D eigenvalue weighted by Gasteiger charge is -2.14. The largest absolute Gasteiger partial charge is 0.326 e. The van der Waals surface area contributed by atoms with Crippen LogP contribution in [0.25, 0.3) is 22.3 Å². The molecule has 1 N–H and O–H groups in total. The van der Waals surface area contributed by atoms with Crippen molar-refractivity contribution in [2.45, 2.75) is 13.3 Å². The summed E-state index contributed by atoms with van der Waals surface area (Å²) < 4.78 is 0. The molecular weight excluding hydrogens is 308 g/mol. The molecule has 3 aromatic carbocycles. The number of hydrogen-bond acceptors (Lipinski definition) is 2. The summed E-state index contributed by atoms with van der Waals surface area (Å²) >= 11 is 0. The van der Waals surface area contributed by atoms with E-state index in [-0.39, 0.29) is 5.91 Å². The van der Waals surface area contributed by atoms with Crippen LogP contribution in [0.4, 0.5) is 5.69 Å². The molecule has 3 aromatic rings. The number of nitrogens with one attached hydrogen (secondary N) is 1. The third-order valence-electron chi connectivity index (χ3n) is 4.62. The van der Waals surface area contributed by atoms with Crippen molar-refractivity contribution in [2.24, 2.45) is 0 Å². The molecule has 0 aliphatic carbocycles. The van der Waals surface area contributed by atoms with Gasteiger partial charge in [-0.05, 0) is 64.6 Å². The van der Waals surface area contributed by atoms with Crippen LogP contribution in [0.1, 0.15) is 16.7 Å². The molecule has 3 heteroatoms. The summed E-state index contributed by atoms with van der Waals surface area (Å²) in [6.45, 7) is 2.10. The number of nitriles is 1. The van der Waals surface area contributed by atoms with E-state index in [1.807, 2.05) is 36.4 Å². The molecule has 0 saturated carbocycles. The fraction of sp³-hybridized carbons (Fsp3) is 0.0909. The van der Waals surface area contributed by atoms with Crippen molar-refractivity contribution in [3.8, 4) is 28.3 Å². The Balaban J connectivity index is 1.87. The number of rotatable bonds is 2. The van der Waals surface area contributed by atoms with E-state index in [0.29, 0.717) is 12.0 Å². The minimum Gasteiger partial charge on any atom is -0.326 e. The van der Waals surface area contributed by atoms with E-state index in [0.717, 1.165) is 33.5 Å². The minimum absolute atomic E-state index is 0.0456. The van der Waals surface area contributed by atoms with Crippen molar-refractivity contribution < 1.29 is 4.79 Å². The van der Waals surface area contributed by atoms with E-state index >= 15 is 0 Å². The molecule has 1 aliphatic rings. The summed E-state index contributed by atoms with van der Waals surface area (Å²) in [6, 6.07) is 22.2. The van der Waals surface area contributed by atoms with Gasteiger partial charge < -0.3 is 5.32 Å². The second-order valence-corrected chi connectivity index (χ2v) is 6.28. The summed E-state index contributed by atoms with van der Waals surface area (Å²) in [5.74, 6) is 0.0456. The van der Waals surface area contributed by atoms with Crippen LogP contribution >= 0.6 is 0 Å². The fourth-order valence-electron chi connectivity index (χ4n) is 3.40. The molecule has 0 bridgehead atoms. The van der Waals surface area contributed by atoms with Crippen LogP contribution in [0.15, 0.2) is 60.7 Å². The monoisotopic (exact) mass is 324 g/mol. The smallest absolute Gasteiger partial charge is 0.228 e. The zero-order chi connectivity index (χ0) is 17.4. The summed E-state index contributed by atoms with van der Waals surface area (Å²) in [4.78, 5) is 11.6. The SMILES string of the molecule is Cc1cccc(-c2ccc(C#N)cc2)c1-c1ccc2c(c1)CC(=O)N2. The highest BCUT2D eigenvalue weighted by atomic mass is 16.1. The second-order valence-electron chi connectivity index (χ2n) is 6.28. The third kappa shape index (κ3) is 2.68. The summed E-state index contributed by atoms with van der Waals surface area (Å²) in [7, 11) is 0. The minimum atomic E-state index is 0.0456. The predicted molar refractivity (Wildman–Crippen MR) is 99.1 cm³/mol. The van der Waals surface area contributed by atoms with Gasteiger partial charge in [-0.15, -0.1) is 0 Å². The molecule has 4 rings (SSSR count). The number of anilines is 1. The Morgan fingerprint density at radius 1 is 1.00 bits per heavy atom. The first-order valence-electron chi connectivity index (χ1n) is 8.19. The van der Waals surface area contributed by atoms with E-state index in [2.05, 4.69) is 42.6 Å². The molecule has 1 amide bonds. The number of hydrogen-bond donors (Lipinski definition) is 1. The fourth-order valence-corrected chi connectivity index (χ4v) is 3.40. The van der Waals surface area contributed by atoms with E-state index in [4.69, 9.17) is 5.26 Å². The maximum absolute atomic E-state index is 11.6. The molecule has 0 atom stereocenters. The zero-order valence-corrected chi connectivity index (χ0v) is 13.8. The molecule has 120 valence electrons. The van der Waals surface area contributed by atoms with Crippen molar-refractivity contribution in [1.29, 1.82) is 5.26 Å². The number of benzene rings is 3. The summed E-state index contributed by atoms with van der Waals surface area (Å²) in [5.41, 5.74) is 8.24. The van der Waals surface area contributed by atoms with E-state index in [9.17, 15) is 4.79 Å². The predicted octanol–water partition coefficient (Wildman–Crippen LogP) is 4.70. The van der Waals surface area contributed by atoms with E-state index in [1.165, 1.54) is 5.56 Å². The molecule has 25 heavy (non-hydrogen) atoms. The van der Waals surface area contributed by atoms with Gasteiger partial charge in [0, 0.05) is 5.69 Å². The molecule has 1 heterocycles. The maximum Gasteiger partial charge on any atom is 0.228 e. The molecule has 0 fully saturated rings. The van der Waals surface area contributed by atoms with Crippen LogP contribution in [0.5, 0.6) is 0 Å². The van der Waals surface area contributed by atoms with Gasteiger partial charge >= 0.3 is 0 Å². The highest BCUT2D eigenvalue weighted by molar-refractivity contribution is 6.00. The number of aryl methyl sites for hydroxylation is 1. The van der Waals surface area contributed by atoms with Crippen molar-refractivity contribution in [2.75, 3.05) is 5.32 Å². The average molecular weight is 324 g/mol. The van der Waals surface area contributed by atoms with Gasteiger partial charge in [-0.2, -0.15) is 5.26 Å². The molecule has 3 nitrogen and oxygen atoms in total. The van der Waals surface area contributed by atoms with Crippen LogP contribution in [-0.2, 0) is 11.2 Å². The van der Waals surface area contributed by atoms with Crippen LogP contribution in [0, 0.1) is 18.3 Å². The van der Waals surface area contributed by atoms with Gasteiger partial charge in [0.1, 0.15) is 0 Å². The topological polar surface area (TPSA) is 52.9 Å². The molecule has 0 aromatic heterocycles. The third-order valence-corrected chi connectivity index (χ3v) is 4.62. The van der Waals surface area contributed by atoms with Gasteiger partial charge in [0.2, 0.25) is 5.91 Å². The molecule has 0 spiro atoms. The number of fused-ring (bicyclic) bond motifs is 1. The second kappa shape index (κ2) is 5.92. The lowest BCUT2D eigenvalue weighted by atomic mass is 9.90. The Morgan fingerprint density at radius 2 is 1.76 bits per heavy atom. The quantitative estimate of drug-likeness (QED) is 0.743. The molecule has 1 aliphatic heterocycles. The highest BCUT2D eigenvalue weighted by Gasteiger charge is 2.19. The van der Waals surface area contributed by atoms with Gasteiger partial charge in [-0.1, -0.05) is 36.4 Å². The number of amides is 1. The number of nitrogens with zero attached hydrogens (tertiary/aromatic N) is 1. The Morgan fingerprint density at radius 3 is 2.52 bits per heavy atom. The first-order valence-corrected chi connectivity index (χ1v) is 8.19. The van der Waals surface area contributed by atoms with Crippen molar-refractivity contribution in [3.63, 3.8) is 0 Å². The van der Waals surface area contributed by atoms with Crippen molar-refractivity contribution >= 4 is 11.6 Å². The first-order chi connectivity index (χ1) is 12.2. The Labute approximate surface area is 146 Å². The zero-order valence-electron chi connectivity index (χ0n) is 13.8. The summed E-state index contributed by atoms with van der Waals surface area (Å²) in [5, 5.41) is 11.9. The van der Waals surface area contributed by atoms with Crippen molar-refractivity contribution in [1.82, 2.24) is 0 Å². The molecular formula is C22H16N2O.